The van der Waals surface area contributed by atoms with Gasteiger partial charge in [0.1, 0.15) is 5.75 Å². The van der Waals surface area contributed by atoms with Gasteiger partial charge in [-0.15, -0.1) is 18.3 Å². The van der Waals surface area contributed by atoms with Crippen molar-refractivity contribution in [3.63, 3.8) is 0 Å². The van der Waals surface area contributed by atoms with E-state index >= 15 is 0 Å². The predicted molar refractivity (Wildman–Crippen MR) is 64.2 cm³/mol. The summed E-state index contributed by atoms with van der Waals surface area (Å²) in [6.45, 7) is 0. The number of guanidine groups is 1. The molecule has 0 aromatic heterocycles. The molecule has 0 radical (unpaired) electrons. The van der Waals surface area contributed by atoms with Crippen molar-refractivity contribution in [2.75, 3.05) is 0 Å². The summed E-state index contributed by atoms with van der Waals surface area (Å²) in [4.78, 5) is 0. The maximum atomic E-state index is 12.1. The standard InChI is InChI=1S/C9H8BrF3N4O/c10-7-5(4-16-17-8(14)15)2-1-3-6(7)18-9(11,12)13/h1-4H,(H4,14,15,17). The van der Waals surface area contributed by atoms with Crippen molar-refractivity contribution in [3.8, 4) is 5.75 Å². The first-order chi connectivity index (χ1) is 8.29. The second-order valence-electron chi connectivity index (χ2n) is 2.98. The Hall–Kier alpha value is -1.77. The fourth-order valence-electron chi connectivity index (χ4n) is 0.989. The lowest BCUT2D eigenvalue weighted by molar-refractivity contribution is -0.274. The van der Waals surface area contributed by atoms with Crippen LogP contribution in [0.3, 0.4) is 0 Å². The Morgan fingerprint density at radius 2 is 2.00 bits per heavy atom. The zero-order chi connectivity index (χ0) is 13.8. The van der Waals surface area contributed by atoms with Gasteiger partial charge < -0.3 is 16.2 Å². The van der Waals surface area contributed by atoms with E-state index in [-0.39, 0.29) is 16.2 Å². The predicted octanol–water partition coefficient (Wildman–Crippen LogP) is 1.95. The SMILES string of the molecule is NC(N)=NN=Cc1cccc(OC(F)(F)F)c1Br. The molecule has 0 fully saturated rings. The summed E-state index contributed by atoms with van der Waals surface area (Å²) in [5, 5.41) is 6.81. The normalized spacial score (nSPS) is 11.6. The Morgan fingerprint density at radius 3 is 2.56 bits per heavy atom. The first-order valence-electron chi connectivity index (χ1n) is 4.46. The van der Waals surface area contributed by atoms with Crippen LogP contribution in [0.2, 0.25) is 0 Å². The van der Waals surface area contributed by atoms with Crippen LogP contribution >= 0.6 is 15.9 Å². The van der Waals surface area contributed by atoms with E-state index in [1.165, 1.54) is 18.3 Å². The van der Waals surface area contributed by atoms with Gasteiger partial charge >= 0.3 is 6.36 Å². The third kappa shape index (κ3) is 4.62. The highest BCUT2D eigenvalue weighted by atomic mass is 79.9. The maximum Gasteiger partial charge on any atom is 0.573 e. The summed E-state index contributed by atoms with van der Waals surface area (Å²) in [5.74, 6) is -0.638. The molecule has 98 valence electrons. The maximum absolute atomic E-state index is 12.1. The van der Waals surface area contributed by atoms with Gasteiger partial charge in [0.2, 0.25) is 5.96 Å². The number of rotatable bonds is 3. The molecule has 0 aliphatic carbocycles. The van der Waals surface area contributed by atoms with Gasteiger partial charge in [-0.25, -0.2) is 0 Å². The van der Waals surface area contributed by atoms with Crippen LogP contribution in [0.5, 0.6) is 5.75 Å². The van der Waals surface area contributed by atoms with Gasteiger partial charge in [0.05, 0.1) is 10.7 Å². The van der Waals surface area contributed by atoms with Crippen LogP contribution in [0.15, 0.2) is 32.9 Å². The summed E-state index contributed by atoms with van der Waals surface area (Å²) in [5.41, 5.74) is 10.4. The van der Waals surface area contributed by atoms with Crippen LogP contribution in [0.4, 0.5) is 13.2 Å². The highest BCUT2D eigenvalue weighted by Gasteiger charge is 2.32. The molecular weight excluding hydrogens is 317 g/mol. The van der Waals surface area contributed by atoms with Crippen molar-refractivity contribution in [2.24, 2.45) is 21.7 Å². The Morgan fingerprint density at radius 1 is 1.33 bits per heavy atom. The molecule has 0 aliphatic rings. The van der Waals surface area contributed by atoms with E-state index < -0.39 is 6.36 Å². The molecule has 0 saturated carbocycles. The third-order valence-electron chi connectivity index (χ3n) is 1.59. The van der Waals surface area contributed by atoms with Gasteiger partial charge in [0.15, 0.2) is 0 Å². The molecular formula is C9H8BrF3N4O. The topological polar surface area (TPSA) is 86.0 Å². The van der Waals surface area contributed by atoms with Crippen LogP contribution in [-0.4, -0.2) is 18.5 Å². The smallest absolute Gasteiger partial charge is 0.405 e. The van der Waals surface area contributed by atoms with Gasteiger partial charge in [-0.05, 0) is 22.0 Å². The van der Waals surface area contributed by atoms with E-state index in [4.69, 9.17) is 11.5 Å². The fourth-order valence-corrected chi connectivity index (χ4v) is 1.44. The summed E-state index contributed by atoms with van der Waals surface area (Å²) in [7, 11) is 0. The molecule has 0 unspecified atom stereocenters. The number of hydrogen-bond acceptors (Lipinski definition) is 3. The lowest BCUT2D eigenvalue weighted by Crippen LogP contribution is -2.21. The lowest BCUT2D eigenvalue weighted by atomic mass is 10.2. The minimum atomic E-state index is -4.77. The number of nitrogens with zero attached hydrogens (tertiary/aromatic N) is 2. The van der Waals surface area contributed by atoms with Crippen LogP contribution < -0.4 is 16.2 Å². The first kappa shape index (κ1) is 14.3. The summed E-state index contributed by atoms with van der Waals surface area (Å²) in [6.07, 6.45) is -3.58. The van der Waals surface area contributed by atoms with Crippen LogP contribution in [0.1, 0.15) is 5.56 Å². The number of halogens is 4. The van der Waals surface area contributed by atoms with Crippen molar-refractivity contribution < 1.29 is 17.9 Å². The van der Waals surface area contributed by atoms with E-state index in [0.29, 0.717) is 5.56 Å². The molecule has 1 aromatic rings. The molecule has 4 N–H and O–H groups in total. The Labute approximate surface area is 108 Å². The van der Waals surface area contributed by atoms with Crippen molar-refractivity contribution in [1.82, 2.24) is 0 Å². The summed E-state index contributed by atoms with van der Waals surface area (Å²) in [6, 6.07) is 4.05. The zero-order valence-corrected chi connectivity index (χ0v) is 10.4. The zero-order valence-electron chi connectivity index (χ0n) is 8.78. The molecule has 0 atom stereocenters. The molecule has 0 heterocycles. The van der Waals surface area contributed by atoms with Crippen molar-refractivity contribution >= 4 is 28.1 Å². The fraction of sp³-hybridized carbons (Fsp3) is 0.111. The molecule has 0 spiro atoms. The summed E-state index contributed by atoms with van der Waals surface area (Å²) >= 11 is 2.97. The van der Waals surface area contributed by atoms with Crippen molar-refractivity contribution in [2.45, 2.75) is 6.36 Å². The number of benzene rings is 1. The van der Waals surface area contributed by atoms with Gasteiger partial charge in [-0.3, -0.25) is 0 Å². The van der Waals surface area contributed by atoms with Gasteiger partial charge in [0.25, 0.3) is 0 Å². The average molecular weight is 325 g/mol. The van der Waals surface area contributed by atoms with Crippen molar-refractivity contribution in [1.29, 1.82) is 0 Å². The second-order valence-corrected chi connectivity index (χ2v) is 3.77. The molecule has 1 aromatic carbocycles. The minimum absolute atomic E-state index is 0.0943. The molecule has 18 heavy (non-hydrogen) atoms. The van der Waals surface area contributed by atoms with Gasteiger partial charge in [-0.1, -0.05) is 12.1 Å². The first-order valence-corrected chi connectivity index (χ1v) is 5.25. The van der Waals surface area contributed by atoms with Crippen molar-refractivity contribution in [3.05, 3.63) is 28.2 Å². The molecule has 0 bridgehead atoms. The van der Waals surface area contributed by atoms with Crippen LogP contribution in [0, 0.1) is 0 Å². The summed E-state index contributed by atoms with van der Waals surface area (Å²) < 4.78 is 40.1. The minimum Gasteiger partial charge on any atom is -0.405 e. The number of hydrogen-bond donors (Lipinski definition) is 2. The highest BCUT2D eigenvalue weighted by Crippen LogP contribution is 2.32. The van der Waals surface area contributed by atoms with E-state index in [1.54, 1.807) is 0 Å². The molecule has 1 rings (SSSR count). The number of alkyl halides is 3. The Kier molecular flexibility index (Phi) is 4.54. The lowest BCUT2D eigenvalue weighted by Gasteiger charge is -2.11. The highest BCUT2D eigenvalue weighted by molar-refractivity contribution is 9.10. The van der Waals surface area contributed by atoms with Crippen LogP contribution in [0.25, 0.3) is 0 Å². The van der Waals surface area contributed by atoms with Gasteiger partial charge in [0, 0.05) is 5.56 Å². The monoisotopic (exact) mass is 324 g/mol. The largest absolute Gasteiger partial charge is 0.573 e. The Balaban J connectivity index is 2.99. The van der Waals surface area contributed by atoms with E-state index in [1.807, 2.05) is 0 Å². The third-order valence-corrected chi connectivity index (χ3v) is 2.44. The molecule has 0 aliphatic heterocycles. The van der Waals surface area contributed by atoms with E-state index in [2.05, 4.69) is 30.9 Å². The van der Waals surface area contributed by atoms with E-state index in [9.17, 15) is 13.2 Å². The second kappa shape index (κ2) is 5.71. The van der Waals surface area contributed by atoms with E-state index in [0.717, 1.165) is 6.07 Å². The number of nitrogens with two attached hydrogens (primary N) is 2. The van der Waals surface area contributed by atoms with Gasteiger partial charge in [-0.2, -0.15) is 5.10 Å². The Bertz CT molecular complexity index is 483. The average Bonchev–Trinajstić information content (AvgIpc) is 2.21. The van der Waals surface area contributed by atoms with Crippen LogP contribution in [-0.2, 0) is 0 Å². The quantitative estimate of drug-likeness (QED) is 0.506. The molecule has 0 saturated heterocycles. The number of ether oxygens (including phenoxy) is 1. The molecule has 5 nitrogen and oxygen atoms in total. The molecule has 9 heteroatoms. The molecule has 0 amide bonds.